The summed E-state index contributed by atoms with van der Waals surface area (Å²) in [5, 5.41) is 3.86. The summed E-state index contributed by atoms with van der Waals surface area (Å²) in [7, 11) is 0. The Morgan fingerprint density at radius 3 is 3.00 bits per heavy atom. The molecule has 0 radical (unpaired) electrons. The first-order valence-corrected chi connectivity index (χ1v) is 7.28. The molecule has 1 saturated heterocycles. The van der Waals surface area contributed by atoms with Crippen molar-refractivity contribution in [3.05, 3.63) is 35.4 Å². The van der Waals surface area contributed by atoms with Gasteiger partial charge in [0.1, 0.15) is 0 Å². The van der Waals surface area contributed by atoms with Crippen molar-refractivity contribution in [2.24, 2.45) is 0 Å². The minimum Gasteiger partial charge on any atom is -0.378 e. The van der Waals surface area contributed by atoms with Gasteiger partial charge in [0.25, 0.3) is 0 Å². The van der Waals surface area contributed by atoms with Crippen molar-refractivity contribution in [3.63, 3.8) is 0 Å². The summed E-state index contributed by atoms with van der Waals surface area (Å²) in [6.07, 6.45) is 6.56. The van der Waals surface area contributed by atoms with Gasteiger partial charge in [-0.25, -0.2) is 0 Å². The van der Waals surface area contributed by atoms with E-state index < -0.39 is 0 Å². The van der Waals surface area contributed by atoms with Crippen LogP contribution in [0.5, 0.6) is 0 Å². The van der Waals surface area contributed by atoms with Gasteiger partial charge >= 0.3 is 0 Å². The first-order chi connectivity index (χ1) is 8.83. The molecule has 1 aliphatic carbocycles. The maximum atomic E-state index is 5.63. The first-order valence-electron chi connectivity index (χ1n) is 7.28. The summed E-state index contributed by atoms with van der Waals surface area (Å²) in [5.74, 6) is 0. The van der Waals surface area contributed by atoms with Gasteiger partial charge in [-0.3, -0.25) is 0 Å². The SMILES string of the molecule is CC1CC(NC2CCCc3ccccc32)CCO1. The fourth-order valence-electron chi connectivity index (χ4n) is 3.36. The van der Waals surface area contributed by atoms with Gasteiger partial charge < -0.3 is 10.1 Å². The van der Waals surface area contributed by atoms with E-state index in [9.17, 15) is 0 Å². The molecular weight excluding hydrogens is 222 g/mol. The van der Waals surface area contributed by atoms with Gasteiger partial charge in [-0.15, -0.1) is 0 Å². The van der Waals surface area contributed by atoms with E-state index in [0.717, 1.165) is 19.4 Å². The number of benzene rings is 1. The fourth-order valence-corrected chi connectivity index (χ4v) is 3.36. The lowest BCUT2D eigenvalue weighted by Crippen LogP contribution is -2.40. The molecule has 3 unspecified atom stereocenters. The van der Waals surface area contributed by atoms with Crippen LogP contribution in [0.1, 0.15) is 49.8 Å². The van der Waals surface area contributed by atoms with Crippen LogP contribution >= 0.6 is 0 Å². The van der Waals surface area contributed by atoms with Gasteiger partial charge in [0.05, 0.1) is 6.10 Å². The quantitative estimate of drug-likeness (QED) is 0.864. The van der Waals surface area contributed by atoms with E-state index in [0.29, 0.717) is 18.2 Å². The molecule has 0 amide bonds. The first kappa shape index (κ1) is 12.2. The van der Waals surface area contributed by atoms with Crippen LogP contribution in [-0.2, 0) is 11.2 Å². The minimum absolute atomic E-state index is 0.412. The second kappa shape index (κ2) is 5.41. The van der Waals surface area contributed by atoms with Crippen molar-refractivity contribution in [2.45, 2.75) is 57.2 Å². The highest BCUT2D eigenvalue weighted by Gasteiger charge is 2.25. The van der Waals surface area contributed by atoms with Gasteiger partial charge in [-0.1, -0.05) is 24.3 Å². The number of rotatable bonds is 2. The molecule has 0 bridgehead atoms. The van der Waals surface area contributed by atoms with Crippen LogP contribution in [0.4, 0.5) is 0 Å². The Bertz CT molecular complexity index is 404. The second-order valence-electron chi connectivity index (χ2n) is 5.71. The molecular formula is C16H23NO. The summed E-state index contributed by atoms with van der Waals surface area (Å²) in [6.45, 7) is 3.09. The van der Waals surface area contributed by atoms with Gasteiger partial charge in [0.2, 0.25) is 0 Å². The van der Waals surface area contributed by atoms with Crippen molar-refractivity contribution >= 4 is 0 Å². The number of hydrogen-bond donors (Lipinski definition) is 1. The second-order valence-corrected chi connectivity index (χ2v) is 5.71. The van der Waals surface area contributed by atoms with E-state index in [1.165, 1.54) is 24.8 Å². The Morgan fingerprint density at radius 2 is 2.11 bits per heavy atom. The number of ether oxygens (including phenoxy) is 1. The monoisotopic (exact) mass is 245 g/mol. The molecule has 1 fully saturated rings. The highest BCUT2D eigenvalue weighted by molar-refractivity contribution is 5.32. The van der Waals surface area contributed by atoms with Crippen molar-refractivity contribution < 1.29 is 4.74 Å². The zero-order chi connectivity index (χ0) is 12.4. The van der Waals surface area contributed by atoms with Crippen LogP contribution in [0.25, 0.3) is 0 Å². The van der Waals surface area contributed by atoms with E-state index in [1.807, 2.05) is 0 Å². The van der Waals surface area contributed by atoms with Crippen LogP contribution < -0.4 is 5.32 Å². The Hall–Kier alpha value is -0.860. The van der Waals surface area contributed by atoms with E-state index in [2.05, 4.69) is 36.5 Å². The summed E-state index contributed by atoms with van der Waals surface area (Å²) in [6, 6.07) is 10.1. The van der Waals surface area contributed by atoms with Crippen LogP contribution in [0, 0.1) is 0 Å². The fraction of sp³-hybridized carbons (Fsp3) is 0.625. The Morgan fingerprint density at radius 1 is 1.22 bits per heavy atom. The summed E-state index contributed by atoms with van der Waals surface area (Å²) >= 11 is 0. The van der Waals surface area contributed by atoms with Crippen LogP contribution in [-0.4, -0.2) is 18.8 Å². The third-order valence-corrected chi connectivity index (χ3v) is 4.29. The lowest BCUT2D eigenvalue weighted by molar-refractivity contribution is 0.0108. The lowest BCUT2D eigenvalue weighted by Gasteiger charge is -2.34. The van der Waals surface area contributed by atoms with Gasteiger partial charge in [0, 0.05) is 18.7 Å². The number of aryl methyl sites for hydroxylation is 1. The molecule has 1 aromatic carbocycles. The van der Waals surface area contributed by atoms with E-state index in [4.69, 9.17) is 4.74 Å². The van der Waals surface area contributed by atoms with Crippen LogP contribution in [0.3, 0.4) is 0 Å². The molecule has 2 nitrogen and oxygen atoms in total. The molecule has 3 atom stereocenters. The maximum absolute atomic E-state index is 5.63. The van der Waals surface area contributed by atoms with Gasteiger partial charge in [-0.2, -0.15) is 0 Å². The molecule has 1 N–H and O–H groups in total. The van der Waals surface area contributed by atoms with Crippen molar-refractivity contribution in [1.29, 1.82) is 0 Å². The third-order valence-electron chi connectivity index (χ3n) is 4.29. The van der Waals surface area contributed by atoms with Crippen LogP contribution in [0.2, 0.25) is 0 Å². The van der Waals surface area contributed by atoms with Crippen LogP contribution in [0.15, 0.2) is 24.3 Å². The van der Waals surface area contributed by atoms with Crippen molar-refractivity contribution in [1.82, 2.24) is 5.32 Å². The summed E-state index contributed by atoms with van der Waals surface area (Å²) in [4.78, 5) is 0. The minimum atomic E-state index is 0.412. The van der Waals surface area contributed by atoms with E-state index in [-0.39, 0.29) is 0 Å². The summed E-state index contributed by atoms with van der Waals surface area (Å²) < 4.78 is 5.63. The standard InChI is InChI=1S/C16H23NO/c1-12-11-14(9-10-18-12)17-16-8-4-6-13-5-2-3-7-15(13)16/h2-3,5,7,12,14,16-17H,4,6,8-11H2,1H3. The molecule has 0 spiro atoms. The highest BCUT2D eigenvalue weighted by atomic mass is 16.5. The number of fused-ring (bicyclic) bond motifs is 1. The average Bonchev–Trinajstić information content (AvgIpc) is 2.39. The van der Waals surface area contributed by atoms with E-state index >= 15 is 0 Å². The molecule has 2 heteroatoms. The molecule has 3 rings (SSSR count). The number of hydrogen-bond acceptors (Lipinski definition) is 2. The Balaban J connectivity index is 1.70. The zero-order valence-corrected chi connectivity index (χ0v) is 11.2. The molecule has 0 saturated carbocycles. The largest absolute Gasteiger partial charge is 0.378 e. The van der Waals surface area contributed by atoms with E-state index in [1.54, 1.807) is 5.56 Å². The topological polar surface area (TPSA) is 21.3 Å². The predicted octanol–water partition coefficient (Wildman–Crippen LogP) is 3.22. The Kier molecular flexibility index (Phi) is 3.67. The zero-order valence-electron chi connectivity index (χ0n) is 11.2. The lowest BCUT2D eigenvalue weighted by atomic mass is 9.87. The predicted molar refractivity (Wildman–Crippen MR) is 73.7 cm³/mol. The average molecular weight is 245 g/mol. The molecule has 1 aliphatic heterocycles. The third kappa shape index (κ3) is 2.60. The highest BCUT2D eigenvalue weighted by Crippen LogP contribution is 2.30. The molecule has 1 heterocycles. The molecule has 2 aliphatic rings. The smallest absolute Gasteiger partial charge is 0.0561 e. The molecule has 18 heavy (non-hydrogen) atoms. The summed E-state index contributed by atoms with van der Waals surface area (Å²) in [5.41, 5.74) is 3.07. The van der Waals surface area contributed by atoms with Crippen molar-refractivity contribution in [3.8, 4) is 0 Å². The molecule has 98 valence electrons. The van der Waals surface area contributed by atoms with Gasteiger partial charge in [0.15, 0.2) is 0 Å². The van der Waals surface area contributed by atoms with Gasteiger partial charge in [-0.05, 0) is 50.2 Å². The van der Waals surface area contributed by atoms with Crippen molar-refractivity contribution in [2.75, 3.05) is 6.61 Å². The molecule has 0 aromatic heterocycles. The number of nitrogens with one attached hydrogen (secondary N) is 1. The molecule has 1 aromatic rings. The maximum Gasteiger partial charge on any atom is 0.0561 e. The normalized spacial score (nSPS) is 31.9. The Labute approximate surface area is 110 Å².